The third kappa shape index (κ3) is 6.28. The minimum absolute atomic E-state index is 0.272. The molecule has 3 aromatic rings. The highest BCUT2D eigenvalue weighted by Gasteiger charge is 2.14. The van der Waals surface area contributed by atoms with Gasteiger partial charge in [0.05, 0.1) is 12.1 Å². The van der Waals surface area contributed by atoms with Crippen molar-refractivity contribution >= 4 is 28.6 Å². The average molecular weight is 426 g/mol. The third-order valence-electron chi connectivity index (χ3n) is 4.47. The summed E-state index contributed by atoms with van der Waals surface area (Å²) >= 11 is 0. The maximum Gasteiger partial charge on any atom is 0.258 e. The van der Waals surface area contributed by atoms with Crippen LogP contribution in [0.25, 0.3) is 10.9 Å². The highest BCUT2D eigenvalue weighted by atomic mass is 19.1. The molecular weight excluding hydrogens is 397 g/mol. The predicted octanol–water partition coefficient (Wildman–Crippen LogP) is 4.73. The number of amides is 1. The van der Waals surface area contributed by atoms with Gasteiger partial charge in [0.25, 0.3) is 5.91 Å². The van der Waals surface area contributed by atoms with Gasteiger partial charge in [0.15, 0.2) is 5.82 Å². The van der Waals surface area contributed by atoms with Gasteiger partial charge in [-0.05, 0) is 48.7 Å². The molecule has 0 unspecified atom stereocenters. The molecule has 3 N–H and O–H groups in total. The van der Waals surface area contributed by atoms with E-state index in [1.807, 2.05) is 19.9 Å². The van der Waals surface area contributed by atoms with Gasteiger partial charge in [-0.1, -0.05) is 33.3 Å². The summed E-state index contributed by atoms with van der Waals surface area (Å²) in [6, 6.07) is 11.4. The fraction of sp³-hybridized carbons (Fsp3) is 0.348. The summed E-state index contributed by atoms with van der Waals surface area (Å²) in [7, 11) is 0. The van der Waals surface area contributed by atoms with E-state index in [0.29, 0.717) is 47.1 Å². The number of carbonyl (C=O) groups is 1. The number of carbonyl (C=O) groups excluding carboxylic acids is 1. The molecule has 0 spiro atoms. The van der Waals surface area contributed by atoms with Crippen LogP contribution in [0.2, 0.25) is 0 Å². The zero-order valence-corrected chi connectivity index (χ0v) is 18.0. The van der Waals surface area contributed by atoms with Gasteiger partial charge >= 0.3 is 0 Å². The van der Waals surface area contributed by atoms with Crippen LogP contribution in [0.3, 0.4) is 0 Å². The first kappa shape index (κ1) is 22.3. The Morgan fingerprint density at radius 2 is 2.10 bits per heavy atom. The number of rotatable bonds is 8. The predicted molar refractivity (Wildman–Crippen MR) is 121 cm³/mol. The molecule has 8 heteroatoms. The van der Waals surface area contributed by atoms with Gasteiger partial charge in [-0.15, -0.1) is 0 Å². The smallest absolute Gasteiger partial charge is 0.258 e. The Balaban J connectivity index is 1.77. The standard InChI is InChI=1S/C23H28FN5O2/c1-4-5-11-31-18-8-6-7-16(12-18)22(30)27-23(25-14-15(2)3)26-21-19-10-9-17(24)13-20(19)28-29-21/h6-10,12-13,15H,4-5,11,14H2,1-3H3,(H3,25,26,27,28,29,30). The van der Waals surface area contributed by atoms with Gasteiger partial charge in [-0.2, -0.15) is 5.10 Å². The molecule has 1 aromatic heterocycles. The van der Waals surface area contributed by atoms with Crippen LogP contribution in [-0.4, -0.2) is 35.2 Å². The lowest BCUT2D eigenvalue weighted by atomic mass is 10.2. The molecule has 0 saturated carbocycles. The average Bonchev–Trinajstić information content (AvgIpc) is 3.14. The van der Waals surface area contributed by atoms with Crippen LogP contribution in [0.4, 0.5) is 10.2 Å². The van der Waals surface area contributed by atoms with E-state index < -0.39 is 0 Å². The van der Waals surface area contributed by atoms with Crippen LogP contribution in [-0.2, 0) is 0 Å². The Kier molecular flexibility index (Phi) is 7.59. The molecule has 0 fully saturated rings. The first-order valence-electron chi connectivity index (χ1n) is 10.5. The Hall–Kier alpha value is -3.42. The molecule has 0 bridgehead atoms. The molecule has 31 heavy (non-hydrogen) atoms. The molecule has 0 saturated heterocycles. The van der Waals surface area contributed by atoms with E-state index in [0.717, 1.165) is 12.8 Å². The summed E-state index contributed by atoms with van der Waals surface area (Å²) in [5.41, 5.74) is 1.01. The Labute approximate surface area is 181 Å². The van der Waals surface area contributed by atoms with Gasteiger partial charge in [-0.3, -0.25) is 20.2 Å². The molecule has 0 aliphatic carbocycles. The van der Waals surface area contributed by atoms with E-state index in [2.05, 4.69) is 32.7 Å². The number of guanidine groups is 1. The number of aromatic amines is 1. The topological polar surface area (TPSA) is 91.4 Å². The lowest BCUT2D eigenvalue weighted by Gasteiger charge is -2.12. The number of anilines is 1. The van der Waals surface area contributed by atoms with E-state index in [1.54, 1.807) is 24.3 Å². The minimum atomic E-state index is -0.356. The number of benzene rings is 2. The van der Waals surface area contributed by atoms with Crippen LogP contribution in [0.15, 0.2) is 47.5 Å². The lowest BCUT2D eigenvalue weighted by Crippen LogP contribution is -2.36. The number of unbranched alkanes of at least 4 members (excludes halogenated alkanes) is 1. The van der Waals surface area contributed by atoms with Crippen LogP contribution in [0, 0.1) is 11.7 Å². The molecule has 1 heterocycles. The number of hydrogen-bond acceptors (Lipinski definition) is 4. The number of aliphatic imine (C=N–C) groups is 1. The van der Waals surface area contributed by atoms with E-state index >= 15 is 0 Å². The second kappa shape index (κ2) is 10.6. The summed E-state index contributed by atoms with van der Waals surface area (Å²) in [4.78, 5) is 17.3. The van der Waals surface area contributed by atoms with Gasteiger partial charge in [0.1, 0.15) is 11.6 Å². The normalized spacial score (nSPS) is 11.7. The molecule has 7 nitrogen and oxygen atoms in total. The van der Waals surface area contributed by atoms with Crippen molar-refractivity contribution in [1.82, 2.24) is 15.5 Å². The zero-order valence-electron chi connectivity index (χ0n) is 18.0. The fourth-order valence-electron chi connectivity index (χ4n) is 2.82. The monoisotopic (exact) mass is 425 g/mol. The van der Waals surface area contributed by atoms with Crippen molar-refractivity contribution in [1.29, 1.82) is 0 Å². The summed E-state index contributed by atoms with van der Waals surface area (Å²) in [6.45, 7) is 7.29. The number of ether oxygens (including phenoxy) is 1. The maximum absolute atomic E-state index is 13.4. The third-order valence-corrected chi connectivity index (χ3v) is 4.47. The summed E-state index contributed by atoms with van der Waals surface area (Å²) < 4.78 is 19.1. The summed E-state index contributed by atoms with van der Waals surface area (Å²) in [5, 5.41) is 13.5. The minimum Gasteiger partial charge on any atom is -0.494 e. The van der Waals surface area contributed by atoms with Crippen LogP contribution < -0.4 is 15.4 Å². The Bertz CT molecular complexity index is 1060. The molecule has 0 aliphatic rings. The first-order chi connectivity index (χ1) is 15.0. The fourth-order valence-corrected chi connectivity index (χ4v) is 2.82. The largest absolute Gasteiger partial charge is 0.494 e. The first-order valence-corrected chi connectivity index (χ1v) is 10.5. The molecule has 2 aromatic carbocycles. The molecule has 1 amide bonds. The maximum atomic E-state index is 13.4. The number of hydrogen-bond donors (Lipinski definition) is 3. The Morgan fingerprint density at radius 1 is 1.26 bits per heavy atom. The quantitative estimate of drug-likeness (QED) is 0.276. The zero-order chi connectivity index (χ0) is 22.2. The molecule has 0 atom stereocenters. The number of nitrogens with one attached hydrogen (secondary N) is 3. The number of nitrogens with zero attached hydrogens (tertiary/aromatic N) is 2. The van der Waals surface area contributed by atoms with E-state index in [4.69, 9.17) is 4.74 Å². The number of H-pyrrole nitrogens is 1. The van der Waals surface area contributed by atoms with Crippen LogP contribution in [0.1, 0.15) is 44.0 Å². The highest BCUT2D eigenvalue weighted by molar-refractivity contribution is 6.11. The van der Waals surface area contributed by atoms with Gasteiger partial charge in [0.2, 0.25) is 5.96 Å². The number of aromatic nitrogens is 2. The second-order valence-corrected chi connectivity index (χ2v) is 7.65. The molecule has 0 radical (unpaired) electrons. The molecular formula is C23H28FN5O2. The van der Waals surface area contributed by atoms with E-state index in [1.165, 1.54) is 12.1 Å². The highest BCUT2D eigenvalue weighted by Crippen LogP contribution is 2.21. The van der Waals surface area contributed by atoms with Crippen molar-refractivity contribution in [3.05, 3.63) is 53.8 Å². The van der Waals surface area contributed by atoms with Crippen molar-refractivity contribution < 1.29 is 13.9 Å². The molecule has 0 aliphatic heterocycles. The summed E-state index contributed by atoms with van der Waals surface area (Å²) in [5.74, 6) is 1.000. The second-order valence-electron chi connectivity index (χ2n) is 7.65. The van der Waals surface area contributed by atoms with Crippen molar-refractivity contribution in [2.24, 2.45) is 10.9 Å². The van der Waals surface area contributed by atoms with Crippen molar-refractivity contribution in [3.63, 3.8) is 0 Å². The van der Waals surface area contributed by atoms with Gasteiger partial charge in [0, 0.05) is 17.5 Å². The molecule has 164 valence electrons. The van der Waals surface area contributed by atoms with E-state index in [9.17, 15) is 9.18 Å². The van der Waals surface area contributed by atoms with Crippen LogP contribution in [0.5, 0.6) is 5.75 Å². The number of halogens is 1. The Morgan fingerprint density at radius 3 is 2.87 bits per heavy atom. The lowest BCUT2D eigenvalue weighted by molar-refractivity contribution is 0.0976. The number of fused-ring (bicyclic) bond motifs is 1. The molecule has 3 rings (SSSR count). The van der Waals surface area contributed by atoms with Gasteiger partial charge in [-0.25, -0.2) is 4.39 Å². The van der Waals surface area contributed by atoms with E-state index in [-0.39, 0.29) is 17.7 Å². The SMILES string of the molecule is CCCCOc1cccc(C(=O)NC(=NCC(C)C)Nc2n[nH]c3cc(F)ccc23)c1. The van der Waals surface area contributed by atoms with Crippen molar-refractivity contribution in [2.45, 2.75) is 33.6 Å². The van der Waals surface area contributed by atoms with Crippen LogP contribution >= 0.6 is 0 Å². The summed E-state index contributed by atoms with van der Waals surface area (Å²) in [6.07, 6.45) is 1.99. The van der Waals surface area contributed by atoms with Crippen molar-refractivity contribution in [3.8, 4) is 5.75 Å². The van der Waals surface area contributed by atoms with Crippen molar-refractivity contribution in [2.75, 3.05) is 18.5 Å². The van der Waals surface area contributed by atoms with Gasteiger partial charge < -0.3 is 10.1 Å².